The van der Waals surface area contributed by atoms with Crippen molar-refractivity contribution in [2.45, 2.75) is 44.4 Å². The Balaban J connectivity index is 1.27. The highest BCUT2D eigenvalue weighted by Gasteiger charge is 2.54. The van der Waals surface area contributed by atoms with E-state index in [4.69, 9.17) is 37.9 Å². The van der Waals surface area contributed by atoms with Crippen LogP contribution in [-0.4, -0.2) is 95.4 Å². The first kappa shape index (κ1) is 33.4. The van der Waals surface area contributed by atoms with Crippen molar-refractivity contribution in [3.8, 4) is 23.0 Å². The molecule has 3 aliphatic rings. The van der Waals surface area contributed by atoms with E-state index in [0.717, 1.165) is 37.2 Å². The van der Waals surface area contributed by atoms with Crippen LogP contribution in [-0.2, 0) is 30.2 Å². The van der Waals surface area contributed by atoms with Gasteiger partial charge >= 0.3 is 18.1 Å². The zero-order valence-electron chi connectivity index (χ0n) is 28.0. The fraction of sp³-hybridized carbons (Fsp3) is 0.514. The van der Waals surface area contributed by atoms with Crippen LogP contribution in [0, 0.1) is 17.8 Å². The molecule has 1 saturated carbocycles. The van der Waals surface area contributed by atoms with Crippen LogP contribution >= 0.6 is 0 Å². The number of aromatic nitrogens is 1. The molecule has 0 radical (unpaired) electrons. The third-order valence-electron chi connectivity index (χ3n) is 10.0. The molecule has 6 rings (SSSR count). The maximum absolute atomic E-state index is 13.7. The van der Waals surface area contributed by atoms with Crippen molar-refractivity contribution >= 4 is 29.0 Å². The minimum absolute atomic E-state index is 0.0356. The van der Waals surface area contributed by atoms with Gasteiger partial charge in [-0.2, -0.15) is 0 Å². The number of rotatable bonds is 9. The second kappa shape index (κ2) is 13.9. The molecule has 0 spiro atoms. The molecule has 1 saturated heterocycles. The Morgan fingerprint density at radius 2 is 1.71 bits per heavy atom. The van der Waals surface area contributed by atoms with Gasteiger partial charge in [0, 0.05) is 42.9 Å². The molecule has 0 bridgehead atoms. The Hall–Kier alpha value is -4.49. The number of hydrogen-bond acceptors (Lipinski definition) is 12. The average molecular weight is 667 g/mol. The number of H-pyrrole nitrogens is 1. The highest BCUT2D eigenvalue weighted by atomic mass is 16.7. The van der Waals surface area contributed by atoms with Crippen LogP contribution in [0.2, 0.25) is 0 Å². The molecule has 2 aliphatic heterocycles. The van der Waals surface area contributed by atoms with Gasteiger partial charge in [-0.1, -0.05) is 0 Å². The number of ether oxygens (including phenoxy) is 8. The van der Waals surface area contributed by atoms with Crippen molar-refractivity contribution in [3.63, 3.8) is 0 Å². The molecule has 2 unspecified atom stereocenters. The lowest BCUT2D eigenvalue weighted by atomic mass is 9.63. The number of fused-ring (bicyclic) bond motifs is 6. The summed E-state index contributed by atoms with van der Waals surface area (Å²) in [5.41, 5.74) is 3.62. The van der Waals surface area contributed by atoms with E-state index >= 15 is 0 Å². The van der Waals surface area contributed by atoms with E-state index in [2.05, 4.69) is 16.0 Å². The molecule has 1 N–H and O–H groups in total. The van der Waals surface area contributed by atoms with Crippen molar-refractivity contribution < 1.29 is 52.3 Å². The third kappa shape index (κ3) is 6.00. The first-order chi connectivity index (χ1) is 23.2. The number of nitrogens with one attached hydrogen (secondary N) is 1. The molecule has 48 heavy (non-hydrogen) atoms. The summed E-state index contributed by atoms with van der Waals surface area (Å²) in [5.74, 6) is -0.833. The lowest BCUT2D eigenvalue weighted by Crippen LogP contribution is -2.58. The number of carbonyl (C=O) groups is 3. The summed E-state index contributed by atoms with van der Waals surface area (Å²) in [4.78, 5) is 45.3. The zero-order valence-corrected chi connectivity index (χ0v) is 28.0. The van der Waals surface area contributed by atoms with Crippen molar-refractivity contribution in [2.75, 3.05) is 55.2 Å². The predicted octanol–water partition coefficient (Wildman–Crippen LogP) is 4.70. The minimum atomic E-state index is -0.942. The molecule has 13 heteroatoms. The topological polar surface area (TPSA) is 144 Å². The molecule has 2 aromatic carbocycles. The summed E-state index contributed by atoms with van der Waals surface area (Å²) in [7, 11) is 7.30. The molecule has 3 heterocycles. The zero-order chi connectivity index (χ0) is 34.1. The molecule has 1 aliphatic carbocycles. The SMILES string of the molecule is CCOC(=O)Oc1c(OC)cc(C(=O)O[C@@H]2CC3CN4CCc5c([nH]c6cc(OC)ccc56)[C@H]4CC3[C@H](C(=O)OC)[C@H]2OC)cc1OC. The number of aromatic amines is 1. The first-order valence-corrected chi connectivity index (χ1v) is 16.1. The summed E-state index contributed by atoms with van der Waals surface area (Å²) in [6.45, 7) is 3.37. The summed E-state index contributed by atoms with van der Waals surface area (Å²) in [6.07, 6.45) is -0.298. The first-order valence-electron chi connectivity index (χ1n) is 16.1. The van der Waals surface area contributed by atoms with E-state index in [1.165, 1.54) is 57.2 Å². The number of hydrogen-bond donors (Lipinski definition) is 1. The van der Waals surface area contributed by atoms with Crippen LogP contribution in [0.15, 0.2) is 30.3 Å². The monoisotopic (exact) mass is 666 g/mol. The minimum Gasteiger partial charge on any atom is -0.497 e. The number of methoxy groups -OCH3 is 5. The molecule has 3 aromatic rings. The molecule has 6 atom stereocenters. The smallest absolute Gasteiger partial charge is 0.497 e. The Bertz CT molecular complexity index is 1660. The second-order valence-electron chi connectivity index (χ2n) is 12.3. The van der Waals surface area contributed by atoms with Crippen LogP contribution in [0.1, 0.15) is 47.4 Å². The fourth-order valence-corrected chi connectivity index (χ4v) is 7.89. The van der Waals surface area contributed by atoms with Crippen LogP contribution in [0.4, 0.5) is 4.79 Å². The van der Waals surface area contributed by atoms with Crippen LogP contribution in [0.3, 0.4) is 0 Å². The molecular weight excluding hydrogens is 624 g/mol. The van der Waals surface area contributed by atoms with Gasteiger partial charge in [0.1, 0.15) is 18.0 Å². The van der Waals surface area contributed by atoms with Crippen molar-refractivity contribution in [1.29, 1.82) is 0 Å². The van der Waals surface area contributed by atoms with Gasteiger partial charge in [-0.3, -0.25) is 9.69 Å². The van der Waals surface area contributed by atoms with Gasteiger partial charge in [0.05, 0.1) is 52.6 Å². The maximum atomic E-state index is 13.7. The average Bonchev–Trinajstić information content (AvgIpc) is 3.48. The molecule has 1 aromatic heterocycles. The summed E-state index contributed by atoms with van der Waals surface area (Å²) >= 11 is 0. The predicted molar refractivity (Wildman–Crippen MR) is 172 cm³/mol. The van der Waals surface area contributed by atoms with E-state index in [0.29, 0.717) is 6.42 Å². The van der Waals surface area contributed by atoms with Crippen LogP contribution in [0.25, 0.3) is 10.9 Å². The van der Waals surface area contributed by atoms with E-state index < -0.39 is 36.2 Å². The molecular formula is C35H42N2O11. The summed E-state index contributed by atoms with van der Waals surface area (Å²) < 4.78 is 43.8. The standard InChI is InChI=1S/C35H42N2O11/c1-7-46-35(40)48-31-26(42-3)12-18(13-27(31)43-4)33(38)47-28-14-19-17-37-11-10-22-21-9-8-20(41-2)15-24(21)36-30(22)25(37)16-23(19)29(32(28)44-5)34(39)45-6/h8-9,12-13,15,19,23,25,28-29,32,36H,7,10-11,14,16-17H2,1-6H3/t19?,23?,25-,28-,29+,32+/m1/s1. The highest BCUT2D eigenvalue weighted by Crippen LogP contribution is 2.51. The lowest BCUT2D eigenvalue weighted by Gasteiger charge is -2.52. The van der Waals surface area contributed by atoms with Crippen LogP contribution in [0.5, 0.6) is 23.0 Å². The van der Waals surface area contributed by atoms with Crippen molar-refractivity contribution in [2.24, 2.45) is 17.8 Å². The number of piperidine rings is 1. The Morgan fingerprint density at radius 1 is 0.958 bits per heavy atom. The van der Waals surface area contributed by atoms with Gasteiger partial charge in [-0.25, -0.2) is 9.59 Å². The third-order valence-corrected chi connectivity index (χ3v) is 10.0. The second-order valence-corrected chi connectivity index (χ2v) is 12.3. The van der Waals surface area contributed by atoms with Crippen molar-refractivity contribution in [1.82, 2.24) is 9.88 Å². The number of carbonyl (C=O) groups excluding carboxylic acids is 3. The van der Waals surface area contributed by atoms with E-state index in [1.54, 1.807) is 14.0 Å². The number of nitrogens with zero attached hydrogens (tertiary/aromatic N) is 1. The van der Waals surface area contributed by atoms with E-state index in [1.807, 2.05) is 12.1 Å². The van der Waals surface area contributed by atoms with Crippen LogP contribution < -0.4 is 18.9 Å². The van der Waals surface area contributed by atoms with E-state index in [9.17, 15) is 14.4 Å². The molecule has 2 fully saturated rings. The summed E-state index contributed by atoms with van der Waals surface area (Å²) in [5, 5.41) is 1.19. The number of benzene rings is 2. The fourth-order valence-electron chi connectivity index (χ4n) is 7.89. The summed E-state index contributed by atoms with van der Waals surface area (Å²) in [6, 6.07) is 9.00. The Morgan fingerprint density at radius 3 is 2.35 bits per heavy atom. The highest BCUT2D eigenvalue weighted by molar-refractivity contribution is 5.92. The van der Waals surface area contributed by atoms with Gasteiger partial charge in [0.25, 0.3) is 0 Å². The lowest BCUT2D eigenvalue weighted by molar-refractivity contribution is -0.176. The molecule has 258 valence electrons. The van der Waals surface area contributed by atoms with Crippen molar-refractivity contribution in [3.05, 3.63) is 47.2 Å². The van der Waals surface area contributed by atoms with Gasteiger partial charge in [0.15, 0.2) is 11.5 Å². The largest absolute Gasteiger partial charge is 0.514 e. The Labute approximate surface area is 278 Å². The van der Waals surface area contributed by atoms with E-state index in [-0.39, 0.29) is 47.3 Å². The molecule has 0 amide bonds. The van der Waals surface area contributed by atoms with Gasteiger partial charge in [0.2, 0.25) is 5.75 Å². The molecule has 13 nitrogen and oxygen atoms in total. The van der Waals surface area contributed by atoms with Gasteiger partial charge in [-0.15, -0.1) is 0 Å². The van der Waals surface area contributed by atoms with Gasteiger partial charge < -0.3 is 42.9 Å². The van der Waals surface area contributed by atoms with Gasteiger partial charge in [-0.05, 0) is 67.9 Å². The Kier molecular flexibility index (Phi) is 9.70. The maximum Gasteiger partial charge on any atom is 0.514 e. The normalized spacial score (nSPS) is 24.8. The quantitative estimate of drug-likeness (QED) is 0.192. The number of esters is 2.